The number of carbonyl (C=O) groups excluding carboxylic acids is 2. The molecule has 7 rings (SSSR count). The van der Waals surface area contributed by atoms with Gasteiger partial charge in [0.2, 0.25) is 5.13 Å². The molecule has 4 aromatic carbocycles. The first-order chi connectivity index (χ1) is 22.4. The van der Waals surface area contributed by atoms with E-state index in [0.29, 0.717) is 57.4 Å². The van der Waals surface area contributed by atoms with Gasteiger partial charge in [-0.3, -0.25) is 14.5 Å². The summed E-state index contributed by atoms with van der Waals surface area (Å²) in [6.45, 7) is 2.81. The van der Waals surface area contributed by atoms with Gasteiger partial charge in [0, 0.05) is 11.3 Å². The van der Waals surface area contributed by atoms with Crippen LogP contribution in [-0.2, 0) is 15.3 Å². The SMILES string of the molecule is Cc1ccc(CSc2nnc(N3C(=O)C(=O)/C(=C(/O)c4ccc5c(c4)OCCO5)C3c3cccc(Oc4ccccc4)c3)s2)cc1. The molecule has 2 aliphatic heterocycles. The van der Waals surface area contributed by atoms with Crippen LogP contribution in [0.5, 0.6) is 23.0 Å². The lowest BCUT2D eigenvalue weighted by molar-refractivity contribution is -0.132. The zero-order chi connectivity index (χ0) is 31.6. The molecule has 3 heterocycles. The number of hydrogen-bond acceptors (Lipinski definition) is 10. The number of anilines is 1. The molecule has 11 heteroatoms. The standard InChI is InChI=1S/C35H27N3O6S2/c1-21-10-12-22(13-11-21)20-45-35-37-36-34(46-35)38-30(23-6-5-9-26(18-23)44-25-7-3-2-4-8-25)29(32(40)33(38)41)31(39)24-14-15-27-28(19-24)43-17-16-42-27/h2-15,18-19,30,39H,16-17,20H2,1H3/b31-29+. The molecule has 230 valence electrons. The van der Waals surface area contributed by atoms with Gasteiger partial charge < -0.3 is 19.3 Å². The number of aliphatic hydroxyl groups is 1. The number of aliphatic hydroxyl groups excluding tert-OH is 1. The van der Waals surface area contributed by atoms with Crippen LogP contribution in [0.15, 0.2) is 107 Å². The number of thioether (sulfide) groups is 1. The van der Waals surface area contributed by atoms with Crippen LogP contribution in [0, 0.1) is 6.92 Å². The summed E-state index contributed by atoms with van der Waals surface area (Å²) in [7, 11) is 0. The van der Waals surface area contributed by atoms with Crippen LogP contribution in [0.1, 0.15) is 28.3 Å². The highest BCUT2D eigenvalue weighted by Crippen LogP contribution is 2.45. The minimum atomic E-state index is -1.00. The number of benzene rings is 4. The van der Waals surface area contributed by atoms with Crippen LogP contribution in [0.25, 0.3) is 5.76 Å². The first-order valence-corrected chi connectivity index (χ1v) is 16.3. The second-order valence-corrected chi connectivity index (χ2v) is 12.8. The van der Waals surface area contributed by atoms with E-state index in [4.69, 9.17) is 14.2 Å². The lowest BCUT2D eigenvalue weighted by Crippen LogP contribution is -2.29. The van der Waals surface area contributed by atoms with Gasteiger partial charge >= 0.3 is 5.91 Å². The summed E-state index contributed by atoms with van der Waals surface area (Å²) in [5, 5.41) is 20.6. The third-order valence-corrected chi connectivity index (χ3v) is 9.62. The van der Waals surface area contributed by atoms with Crippen LogP contribution in [-0.4, -0.2) is 40.2 Å². The van der Waals surface area contributed by atoms with Gasteiger partial charge in [-0.15, -0.1) is 10.2 Å². The van der Waals surface area contributed by atoms with Gasteiger partial charge in [-0.05, 0) is 60.5 Å². The van der Waals surface area contributed by atoms with Crippen molar-refractivity contribution in [1.82, 2.24) is 10.2 Å². The summed E-state index contributed by atoms with van der Waals surface area (Å²) >= 11 is 2.71. The number of aryl methyl sites for hydroxylation is 1. The Balaban J connectivity index is 1.28. The molecule has 0 aliphatic carbocycles. The molecule has 0 spiro atoms. The summed E-state index contributed by atoms with van der Waals surface area (Å²) in [4.78, 5) is 28.8. The monoisotopic (exact) mass is 649 g/mol. The maximum absolute atomic E-state index is 13.8. The molecule has 1 aromatic heterocycles. The van der Waals surface area contributed by atoms with E-state index in [2.05, 4.69) is 34.5 Å². The number of aromatic nitrogens is 2. The molecule has 0 bridgehead atoms. The van der Waals surface area contributed by atoms with Crippen LogP contribution >= 0.6 is 23.1 Å². The normalized spacial score (nSPS) is 16.9. The molecule has 46 heavy (non-hydrogen) atoms. The number of ketones is 1. The van der Waals surface area contributed by atoms with E-state index in [9.17, 15) is 14.7 Å². The van der Waals surface area contributed by atoms with Crippen molar-refractivity contribution in [3.8, 4) is 23.0 Å². The van der Waals surface area contributed by atoms with Gasteiger partial charge in [0.25, 0.3) is 5.78 Å². The third-order valence-electron chi connectivity index (χ3n) is 7.50. The Morgan fingerprint density at radius 1 is 0.913 bits per heavy atom. The topological polar surface area (TPSA) is 111 Å². The lowest BCUT2D eigenvalue weighted by Gasteiger charge is -2.23. The van der Waals surface area contributed by atoms with Gasteiger partial charge in [-0.1, -0.05) is 83.3 Å². The van der Waals surface area contributed by atoms with E-state index in [0.717, 1.165) is 5.56 Å². The maximum Gasteiger partial charge on any atom is 0.301 e. The van der Waals surface area contributed by atoms with E-state index in [1.165, 1.54) is 33.6 Å². The van der Waals surface area contributed by atoms with Crippen molar-refractivity contribution in [2.45, 2.75) is 23.1 Å². The molecular formula is C35H27N3O6S2. The average Bonchev–Trinajstić information content (AvgIpc) is 3.66. The Hall–Kier alpha value is -5.13. The Morgan fingerprint density at radius 3 is 2.48 bits per heavy atom. The summed E-state index contributed by atoms with van der Waals surface area (Å²) in [5.41, 5.74) is 3.09. The van der Waals surface area contributed by atoms with Crippen molar-refractivity contribution in [3.05, 3.63) is 125 Å². The molecule has 1 unspecified atom stereocenters. The fourth-order valence-corrected chi connectivity index (χ4v) is 7.08. The minimum absolute atomic E-state index is 0.0809. The summed E-state index contributed by atoms with van der Waals surface area (Å²) < 4.78 is 18.0. The number of carbonyl (C=O) groups is 2. The molecule has 1 saturated heterocycles. The molecule has 1 fully saturated rings. The highest BCUT2D eigenvalue weighted by atomic mass is 32.2. The van der Waals surface area contributed by atoms with Crippen molar-refractivity contribution in [2.24, 2.45) is 0 Å². The predicted octanol–water partition coefficient (Wildman–Crippen LogP) is 7.33. The van der Waals surface area contributed by atoms with Crippen molar-refractivity contribution in [3.63, 3.8) is 0 Å². The summed E-state index contributed by atoms with van der Waals surface area (Å²) in [6, 6.07) is 28.5. The molecule has 0 radical (unpaired) electrons. The highest BCUT2D eigenvalue weighted by molar-refractivity contribution is 8.00. The quantitative estimate of drug-likeness (QED) is 0.0607. The molecule has 1 N–H and O–H groups in total. The van der Waals surface area contributed by atoms with Crippen molar-refractivity contribution in [2.75, 3.05) is 18.1 Å². The molecule has 2 aliphatic rings. The Labute approximate surface area is 273 Å². The van der Waals surface area contributed by atoms with Crippen molar-refractivity contribution >= 4 is 45.7 Å². The Morgan fingerprint density at radius 2 is 1.67 bits per heavy atom. The zero-order valence-corrected chi connectivity index (χ0v) is 26.2. The van der Waals surface area contributed by atoms with E-state index >= 15 is 0 Å². The van der Waals surface area contributed by atoms with Gasteiger partial charge in [0.05, 0.1) is 11.6 Å². The fourth-order valence-electron chi connectivity index (χ4n) is 5.25. The second kappa shape index (κ2) is 12.7. The van der Waals surface area contributed by atoms with Gasteiger partial charge in [-0.2, -0.15) is 0 Å². The molecule has 9 nitrogen and oxygen atoms in total. The maximum atomic E-state index is 13.8. The summed E-state index contributed by atoms with van der Waals surface area (Å²) in [6.07, 6.45) is 0. The van der Waals surface area contributed by atoms with Gasteiger partial charge in [0.15, 0.2) is 15.8 Å². The number of rotatable bonds is 8. The first kappa shape index (κ1) is 29.6. The summed E-state index contributed by atoms with van der Waals surface area (Å²) in [5.74, 6) is 0.787. The highest BCUT2D eigenvalue weighted by Gasteiger charge is 2.48. The molecule has 1 atom stereocenters. The van der Waals surface area contributed by atoms with Crippen LogP contribution in [0.2, 0.25) is 0 Å². The van der Waals surface area contributed by atoms with E-state index in [1.807, 2.05) is 37.3 Å². The largest absolute Gasteiger partial charge is 0.507 e. The smallest absolute Gasteiger partial charge is 0.301 e. The second-order valence-electron chi connectivity index (χ2n) is 10.6. The molecule has 5 aromatic rings. The average molecular weight is 650 g/mol. The number of hydrogen-bond donors (Lipinski definition) is 1. The number of fused-ring (bicyclic) bond motifs is 1. The van der Waals surface area contributed by atoms with Gasteiger partial charge in [0.1, 0.15) is 30.5 Å². The van der Waals surface area contributed by atoms with Crippen LogP contribution in [0.4, 0.5) is 5.13 Å². The lowest BCUT2D eigenvalue weighted by atomic mass is 9.95. The first-order valence-electron chi connectivity index (χ1n) is 14.5. The number of Topliss-reactive ketones (excluding diaryl/α,β-unsaturated/α-hetero) is 1. The molecule has 0 saturated carbocycles. The van der Waals surface area contributed by atoms with Crippen molar-refractivity contribution < 1.29 is 28.9 Å². The van der Waals surface area contributed by atoms with Crippen LogP contribution in [0.3, 0.4) is 0 Å². The Bertz CT molecular complexity index is 1960. The number of amides is 1. The number of para-hydroxylation sites is 1. The number of ether oxygens (including phenoxy) is 3. The van der Waals surface area contributed by atoms with Crippen molar-refractivity contribution in [1.29, 1.82) is 0 Å². The van der Waals surface area contributed by atoms with E-state index < -0.39 is 17.7 Å². The van der Waals surface area contributed by atoms with Gasteiger partial charge in [-0.25, -0.2) is 0 Å². The molecular weight excluding hydrogens is 623 g/mol. The van der Waals surface area contributed by atoms with E-state index in [1.54, 1.807) is 42.5 Å². The number of nitrogens with zero attached hydrogens (tertiary/aromatic N) is 3. The zero-order valence-electron chi connectivity index (χ0n) is 24.6. The molecule has 1 amide bonds. The Kier molecular flexibility index (Phi) is 8.17. The fraction of sp³-hybridized carbons (Fsp3) is 0.143. The van der Waals surface area contributed by atoms with Crippen LogP contribution < -0.4 is 19.1 Å². The third kappa shape index (κ3) is 5.94. The van der Waals surface area contributed by atoms with E-state index in [-0.39, 0.29) is 16.5 Å². The predicted molar refractivity (Wildman–Crippen MR) is 176 cm³/mol. The minimum Gasteiger partial charge on any atom is -0.507 e.